The van der Waals surface area contributed by atoms with Gasteiger partial charge in [-0.05, 0) is 19.1 Å². The Hall–Kier alpha value is -0.510. The highest BCUT2D eigenvalue weighted by atomic mass is 32.2. The summed E-state index contributed by atoms with van der Waals surface area (Å²) in [7, 11) is 0. The molecule has 0 saturated heterocycles. The summed E-state index contributed by atoms with van der Waals surface area (Å²) in [5.74, 6) is 5.25. The maximum absolute atomic E-state index is 5.25. The quantitative estimate of drug-likeness (QED) is 0.311. The van der Waals surface area contributed by atoms with E-state index in [-0.39, 0.29) is 5.37 Å². The van der Waals surface area contributed by atoms with E-state index in [1.807, 2.05) is 25.1 Å². The van der Waals surface area contributed by atoms with Crippen LogP contribution in [0.15, 0.2) is 35.2 Å². The van der Waals surface area contributed by atoms with E-state index in [9.17, 15) is 0 Å². The summed E-state index contributed by atoms with van der Waals surface area (Å²) in [4.78, 5) is 1.23. The predicted molar refractivity (Wildman–Crippen MR) is 49.1 cm³/mol. The van der Waals surface area contributed by atoms with Crippen molar-refractivity contribution < 1.29 is 0 Å². The van der Waals surface area contributed by atoms with Gasteiger partial charge in [-0.3, -0.25) is 5.84 Å². The summed E-state index contributed by atoms with van der Waals surface area (Å²) in [6, 6.07) is 10.2. The molecule has 2 nitrogen and oxygen atoms in total. The summed E-state index contributed by atoms with van der Waals surface area (Å²) < 4.78 is 0. The topological polar surface area (TPSA) is 38.0 Å². The van der Waals surface area contributed by atoms with Crippen LogP contribution in [0.1, 0.15) is 6.92 Å². The summed E-state index contributed by atoms with van der Waals surface area (Å²) in [6.45, 7) is 2.03. The third-order valence-electron chi connectivity index (χ3n) is 1.29. The van der Waals surface area contributed by atoms with Gasteiger partial charge in [0, 0.05) is 4.90 Å². The zero-order chi connectivity index (χ0) is 8.10. The van der Waals surface area contributed by atoms with Gasteiger partial charge < -0.3 is 0 Å². The van der Waals surface area contributed by atoms with E-state index in [2.05, 4.69) is 17.6 Å². The maximum Gasteiger partial charge on any atom is 0.0682 e. The molecule has 0 amide bonds. The third-order valence-corrected chi connectivity index (χ3v) is 2.32. The molecule has 0 bridgehead atoms. The average Bonchev–Trinajstić information content (AvgIpc) is 2.06. The van der Waals surface area contributed by atoms with E-state index >= 15 is 0 Å². The van der Waals surface area contributed by atoms with Gasteiger partial charge in [0.1, 0.15) is 0 Å². The highest BCUT2D eigenvalue weighted by Crippen LogP contribution is 2.19. The first-order valence-electron chi connectivity index (χ1n) is 3.51. The van der Waals surface area contributed by atoms with Crippen LogP contribution in [0.25, 0.3) is 0 Å². The van der Waals surface area contributed by atoms with Crippen molar-refractivity contribution >= 4 is 11.8 Å². The van der Waals surface area contributed by atoms with Gasteiger partial charge in [0.2, 0.25) is 0 Å². The lowest BCUT2D eigenvalue weighted by Crippen LogP contribution is -2.29. The monoisotopic (exact) mass is 168 g/mol. The fraction of sp³-hybridized carbons (Fsp3) is 0.250. The smallest absolute Gasteiger partial charge is 0.0682 e. The largest absolute Gasteiger partial charge is 0.270 e. The molecule has 1 rings (SSSR count). The molecule has 1 unspecified atom stereocenters. The van der Waals surface area contributed by atoms with Crippen LogP contribution in [-0.4, -0.2) is 5.37 Å². The van der Waals surface area contributed by atoms with Crippen molar-refractivity contribution in [3.8, 4) is 0 Å². The van der Waals surface area contributed by atoms with Gasteiger partial charge in [-0.1, -0.05) is 18.2 Å². The van der Waals surface area contributed by atoms with Gasteiger partial charge in [-0.25, -0.2) is 5.43 Å². The molecule has 3 N–H and O–H groups in total. The second kappa shape index (κ2) is 4.38. The lowest BCUT2D eigenvalue weighted by atomic mass is 10.4. The van der Waals surface area contributed by atoms with Gasteiger partial charge in [-0.2, -0.15) is 0 Å². The molecule has 3 heteroatoms. The minimum atomic E-state index is 0.261. The standard InChI is InChI=1S/C8H12N2S/c1-7(10-9)11-8-5-3-2-4-6-8/h2-7,10H,9H2,1H3. The molecule has 0 aliphatic rings. The molecule has 0 aromatic heterocycles. The molecule has 11 heavy (non-hydrogen) atoms. The Labute approximate surface area is 71.1 Å². The van der Waals surface area contributed by atoms with Gasteiger partial charge in [0.05, 0.1) is 5.37 Å². The van der Waals surface area contributed by atoms with Gasteiger partial charge in [0.25, 0.3) is 0 Å². The Balaban J connectivity index is 2.51. The highest BCUT2D eigenvalue weighted by molar-refractivity contribution is 7.99. The van der Waals surface area contributed by atoms with Crippen LogP contribution in [0.5, 0.6) is 0 Å². The third kappa shape index (κ3) is 2.93. The van der Waals surface area contributed by atoms with Crippen LogP contribution in [0.4, 0.5) is 0 Å². The van der Waals surface area contributed by atoms with Crippen molar-refractivity contribution in [3.63, 3.8) is 0 Å². The zero-order valence-electron chi connectivity index (χ0n) is 6.45. The fourth-order valence-corrected chi connectivity index (χ4v) is 1.53. The summed E-state index contributed by atoms with van der Waals surface area (Å²) in [6.07, 6.45) is 0. The van der Waals surface area contributed by atoms with E-state index in [1.54, 1.807) is 11.8 Å². The Morgan fingerprint density at radius 1 is 1.36 bits per heavy atom. The lowest BCUT2D eigenvalue weighted by Gasteiger charge is -2.08. The molecular weight excluding hydrogens is 156 g/mol. The zero-order valence-corrected chi connectivity index (χ0v) is 7.27. The van der Waals surface area contributed by atoms with Crippen molar-refractivity contribution in [3.05, 3.63) is 30.3 Å². The fourth-order valence-electron chi connectivity index (χ4n) is 0.737. The van der Waals surface area contributed by atoms with Crippen molar-refractivity contribution in [1.29, 1.82) is 0 Å². The minimum Gasteiger partial charge on any atom is -0.270 e. The molecule has 0 saturated carbocycles. The molecule has 1 aromatic carbocycles. The van der Waals surface area contributed by atoms with Crippen molar-refractivity contribution in [2.24, 2.45) is 5.84 Å². The second-order valence-electron chi connectivity index (χ2n) is 2.24. The Kier molecular flexibility index (Phi) is 3.42. The Morgan fingerprint density at radius 3 is 2.55 bits per heavy atom. The summed E-state index contributed by atoms with van der Waals surface area (Å²) >= 11 is 1.71. The van der Waals surface area contributed by atoms with Crippen LogP contribution in [0.2, 0.25) is 0 Å². The van der Waals surface area contributed by atoms with E-state index in [0.29, 0.717) is 0 Å². The highest BCUT2D eigenvalue weighted by Gasteiger charge is 1.98. The van der Waals surface area contributed by atoms with Crippen LogP contribution in [-0.2, 0) is 0 Å². The number of rotatable bonds is 3. The summed E-state index contributed by atoms with van der Waals surface area (Å²) in [5, 5.41) is 0.261. The van der Waals surface area contributed by atoms with Crippen LogP contribution < -0.4 is 11.3 Å². The van der Waals surface area contributed by atoms with Crippen LogP contribution in [0, 0.1) is 0 Å². The number of hydrazine groups is 1. The molecule has 0 spiro atoms. The van der Waals surface area contributed by atoms with Crippen molar-refractivity contribution in [2.45, 2.75) is 17.2 Å². The van der Waals surface area contributed by atoms with E-state index in [4.69, 9.17) is 5.84 Å². The number of hydrogen-bond donors (Lipinski definition) is 2. The van der Waals surface area contributed by atoms with E-state index in [0.717, 1.165) is 0 Å². The number of benzene rings is 1. The number of thioether (sulfide) groups is 1. The Bertz CT molecular complexity index is 201. The minimum absolute atomic E-state index is 0.261. The first-order chi connectivity index (χ1) is 5.33. The van der Waals surface area contributed by atoms with Gasteiger partial charge in [-0.15, -0.1) is 11.8 Å². The predicted octanol–water partition coefficient (Wildman–Crippen LogP) is 1.59. The molecule has 60 valence electrons. The molecule has 0 radical (unpaired) electrons. The van der Waals surface area contributed by atoms with Gasteiger partial charge >= 0.3 is 0 Å². The SMILES string of the molecule is CC(NN)Sc1ccccc1. The first kappa shape index (κ1) is 8.59. The Morgan fingerprint density at radius 2 is 2.00 bits per heavy atom. The number of nitrogens with one attached hydrogen (secondary N) is 1. The average molecular weight is 168 g/mol. The molecule has 0 heterocycles. The molecular formula is C8H12N2S. The summed E-state index contributed by atoms with van der Waals surface area (Å²) in [5.41, 5.74) is 2.68. The van der Waals surface area contributed by atoms with E-state index < -0.39 is 0 Å². The van der Waals surface area contributed by atoms with Crippen molar-refractivity contribution in [2.75, 3.05) is 0 Å². The number of nitrogens with two attached hydrogens (primary N) is 1. The maximum atomic E-state index is 5.25. The molecule has 0 aliphatic carbocycles. The lowest BCUT2D eigenvalue weighted by molar-refractivity contribution is 0.733. The van der Waals surface area contributed by atoms with Gasteiger partial charge in [0.15, 0.2) is 0 Å². The molecule has 0 fully saturated rings. The second-order valence-corrected chi connectivity index (χ2v) is 3.65. The normalized spacial score (nSPS) is 12.9. The van der Waals surface area contributed by atoms with Crippen LogP contribution in [0.3, 0.4) is 0 Å². The van der Waals surface area contributed by atoms with E-state index in [1.165, 1.54) is 4.90 Å². The first-order valence-corrected chi connectivity index (χ1v) is 4.38. The molecule has 1 aromatic rings. The van der Waals surface area contributed by atoms with Crippen LogP contribution >= 0.6 is 11.8 Å². The molecule has 1 atom stereocenters. The molecule has 0 aliphatic heterocycles. The number of hydrogen-bond acceptors (Lipinski definition) is 3. The van der Waals surface area contributed by atoms with Crippen molar-refractivity contribution in [1.82, 2.24) is 5.43 Å².